The summed E-state index contributed by atoms with van der Waals surface area (Å²) >= 11 is 5.67. The fourth-order valence-corrected chi connectivity index (χ4v) is 1.12. The molecule has 90 valence electrons. The topological polar surface area (TPSA) is 35.2 Å². The predicted molar refractivity (Wildman–Crippen MR) is 56.2 cm³/mol. The Hall–Kier alpha value is -0.940. The van der Waals surface area contributed by atoms with Crippen molar-refractivity contribution < 1.29 is 17.9 Å². The summed E-state index contributed by atoms with van der Waals surface area (Å²) in [6.07, 6.45) is -6.15. The molecule has 6 heteroatoms. The maximum Gasteiger partial charge on any atom is 0.414 e. The van der Waals surface area contributed by atoms with Gasteiger partial charge in [0, 0.05) is 0 Å². The molecule has 0 bridgehead atoms. The Labute approximate surface area is 96.1 Å². The summed E-state index contributed by atoms with van der Waals surface area (Å²) in [5, 5.41) is 0.368. The molecule has 0 heterocycles. The van der Waals surface area contributed by atoms with Gasteiger partial charge in [0.25, 0.3) is 0 Å². The van der Waals surface area contributed by atoms with Gasteiger partial charge in [-0.25, -0.2) is 0 Å². The Morgan fingerprint density at radius 1 is 1.44 bits per heavy atom. The lowest BCUT2D eigenvalue weighted by Crippen LogP contribution is -2.28. The first-order valence-corrected chi connectivity index (χ1v) is 4.90. The second-order valence-electron chi connectivity index (χ2n) is 3.35. The first kappa shape index (κ1) is 13.1. The summed E-state index contributed by atoms with van der Waals surface area (Å²) in [4.78, 5) is 0. The van der Waals surface area contributed by atoms with E-state index < -0.39 is 12.3 Å². The van der Waals surface area contributed by atoms with Crippen LogP contribution in [0.4, 0.5) is 18.9 Å². The minimum Gasteiger partial charge on any atom is -0.398 e. The summed E-state index contributed by atoms with van der Waals surface area (Å²) in [6.45, 7) is 0.807. The first-order valence-electron chi connectivity index (χ1n) is 4.53. The number of alkyl halides is 3. The molecule has 0 amide bonds. The van der Waals surface area contributed by atoms with E-state index >= 15 is 0 Å². The molecule has 0 aliphatic rings. The molecule has 1 aromatic rings. The van der Waals surface area contributed by atoms with Gasteiger partial charge in [-0.05, 0) is 24.6 Å². The standard InChI is InChI=1S/C10H11ClF3NO/c1-6(10(12,13)14)16-5-7-2-3-8(11)9(15)4-7/h2-4,6H,5,15H2,1H3. The van der Waals surface area contributed by atoms with E-state index in [2.05, 4.69) is 4.74 Å². The van der Waals surface area contributed by atoms with Crippen LogP contribution in [0.25, 0.3) is 0 Å². The summed E-state index contributed by atoms with van der Waals surface area (Å²) in [6, 6.07) is 4.58. The van der Waals surface area contributed by atoms with Crippen molar-refractivity contribution in [1.29, 1.82) is 0 Å². The lowest BCUT2D eigenvalue weighted by atomic mass is 10.2. The number of benzene rings is 1. The molecule has 1 atom stereocenters. The summed E-state index contributed by atoms with van der Waals surface area (Å²) in [5.74, 6) is 0. The Bertz CT molecular complexity index is 368. The quantitative estimate of drug-likeness (QED) is 0.838. The number of hydrogen-bond acceptors (Lipinski definition) is 2. The Morgan fingerprint density at radius 3 is 2.56 bits per heavy atom. The number of nitrogen functional groups attached to an aromatic ring is 1. The third kappa shape index (κ3) is 3.57. The minimum absolute atomic E-state index is 0.151. The van der Waals surface area contributed by atoms with Crippen LogP contribution in [0, 0.1) is 0 Å². The molecule has 0 spiro atoms. The highest BCUT2D eigenvalue weighted by Crippen LogP contribution is 2.24. The van der Waals surface area contributed by atoms with Crippen LogP contribution in [0.3, 0.4) is 0 Å². The predicted octanol–water partition coefficient (Wildman–Crippen LogP) is 3.39. The summed E-state index contributed by atoms with van der Waals surface area (Å²) < 4.78 is 41.0. The molecular weight excluding hydrogens is 243 g/mol. The van der Waals surface area contributed by atoms with Gasteiger partial charge in [0.05, 0.1) is 17.3 Å². The van der Waals surface area contributed by atoms with Gasteiger partial charge in [-0.3, -0.25) is 0 Å². The molecule has 0 radical (unpaired) electrons. The Morgan fingerprint density at radius 2 is 2.06 bits per heavy atom. The highest BCUT2D eigenvalue weighted by molar-refractivity contribution is 6.33. The van der Waals surface area contributed by atoms with Crippen LogP contribution in [0.2, 0.25) is 5.02 Å². The molecule has 0 aliphatic carbocycles. The lowest BCUT2D eigenvalue weighted by Gasteiger charge is -2.16. The number of hydrogen-bond donors (Lipinski definition) is 1. The fraction of sp³-hybridized carbons (Fsp3) is 0.400. The number of rotatable bonds is 3. The van der Waals surface area contributed by atoms with Gasteiger partial charge in [0.1, 0.15) is 0 Å². The third-order valence-corrected chi connectivity index (χ3v) is 2.37. The zero-order chi connectivity index (χ0) is 12.3. The van der Waals surface area contributed by atoms with Crippen molar-refractivity contribution in [2.24, 2.45) is 0 Å². The maximum absolute atomic E-state index is 12.1. The number of ether oxygens (including phenoxy) is 1. The average molecular weight is 254 g/mol. The summed E-state index contributed by atoms with van der Waals surface area (Å²) in [7, 11) is 0. The zero-order valence-electron chi connectivity index (χ0n) is 8.51. The van der Waals surface area contributed by atoms with E-state index in [4.69, 9.17) is 17.3 Å². The second-order valence-corrected chi connectivity index (χ2v) is 3.76. The van der Waals surface area contributed by atoms with Crippen molar-refractivity contribution in [2.45, 2.75) is 25.8 Å². The van der Waals surface area contributed by atoms with Crippen LogP contribution in [-0.4, -0.2) is 12.3 Å². The largest absolute Gasteiger partial charge is 0.414 e. The Kier molecular flexibility index (Phi) is 4.04. The van der Waals surface area contributed by atoms with E-state index in [0.717, 1.165) is 6.92 Å². The molecule has 1 aromatic carbocycles. The van der Waals surface area contributed by atoms with Gasteiger partial charge in [0.15, 0.2) is 6.10 Å². The van der Waals surface area contributed by atoms with E-state index in [-0.39, 0.29) is 6.61 Å². The van der Waals surface area contributed by atoms with Crippen molar-refractivity contribution in [1.82, 2.24) is 0 Å². The summed E-state index contributed by atoms with van der Waals surface area (Å²) in [5.41, 5.74) is 6.38. The van der Waals surface area contributed by atoms with Gasteiger partial charge in [-0.15, -0.1) is 0 Å². The van der Waals surface area contributed by atoms with Gasteiger partial charge < -0.3 is 10.5 Å². The molecule has 0 saturated carbocycles. The number of nitrogens with two attached hydrogens (primary N) is 1. The fourth-order valence-electron chi connectivity index (χ4n) is 0.999. The molecule has 0 saturated heterocycles. The van der Waals surface area contributed by atoms with Crippen molar-refractivity contribution in [3.05, 3.63) is 28.8 Å². The van der Waals surface area contributed by atoms with Crippen LogP contribution in [0.5, 0.6) is 0 Å². The SMILES string of the molecule is CC(OCc1ccc(Cl)c(N)c1)C(F)(F)F. The average Bonchev–Trinajstić information content (AvgIpc) is 2.18. The van der Waals surface area contributed by atoms with Gasteiger partial charge in [0.2, 0.25) is 0 Å². The van der Waals surface area contributed by atoms with Crippen LogP contribution in [-0.2, 0) is 11.3 Å². The van der Waals surface area contributed by atoms with E-state index in [9.17, 15) is 13.2 Å². The monoisotopic (exact) mass is 253 g/mol. The number of anilines is 1. The minimum atomic E-state index is -4.35. The first-order chi connectivity index (χ1) is 7.30. The van der Waals surface area contributed by atoms with Gasteiger partial charge >= 0.3 is 6.18 Å². The van der Waals surface area contributed by atoms with Crippen LogP contribution in [0.1, 0.15) is 12.5 Å². The Balaban J connectivity index is 2.58. The molecule has 0 fully saturated rings. The van der Waals surface area contributed by atoms with E-state index in [1.165, 1.54) is 12.1 Å². The molecule has 2 N–H and O–H groups in total. The molecule has 16 heavy (non-hydrogen) atoms. The van der Waals surface area contributed by atoms with Crippen molar-refractivity contribution in [3.8, 4) is 0 Å². The van der Waals surface area contributed by atoms with Gasteiger partial charge in [-0.1, -0.05) is 17.7 Å². The molecule has 1 unspecified atom stereocenters. The van der Waals surface area contributed by atoms with E-state index in [1.807, 2.05) is 0 Å². The van der Waals surface area contributed by atoms with Crippen LogP contribution in [0.15, 0.2) is 18.2 Å². The van der Waals surface area contributed by atoms with Crippen molar-refractivity contribution >= 4 is 17.3 Å². The second kappa shape index (κ2) is 4.93. The zero-order valence-corrected chi connectivity index (χ0v) is 9.27. The van der Waals surface area contributed by atoms with Crippen molar-refractivity contribution in [3.63, 3.8) is 0 Å². The van der Waals surface area contributed by atoms with Gasteiger partial charge in [-0.2, -0.15) is 13.2 Å². The molecule has 0 aliphatic heterocycles. The highest BCUT2D eigenvalue weighted by atomic mass is 35.5. The van der Waals surface area contributed by atoms with E-state index in [1.54, 1.807) is 6.07 Å². The number of halogens is 4. The van der Waals surface area contributed by atoms with Crippen LogP contribution >= 0.6 is 11.6 Å². The normalized spacial score (nSPS) is 13.8. The van der Waals surface area contributed by atoms with Crippen molar-refractivity contribution in [2.75, 3.05) is 5.73 Å². The highest BCUT2D eigenvalue weighted by Gasteiger charge is 2.36. The lowest BCUT2D eigenvalue weighted by molar-refractivity contribution is -0.217. The smallest absolute Gasteiger partial charge is 0.398 e. The maximum atomic E-state index is 12.1. The molecule has 1 rings (SSSR count). The molecule has 0 aromatic heterocycles. The van der Waals surface area contributed by atoms with Crippen LogP contribution < -0.4 is 5.73 Å². The third-order valence-electron chi connectivity index (χ3n) is 2.02. The molecular formula is C10H11ClF3NO. The molecule has 2 nitrogen and oxygen atoms in total. The van der Waals surface area contributed by atoms with E-state index in [0.29, 0.717) is 16.3 Å².